The third-order valence-electron chi connectivity index (χ3n) is 5.47. The molecule has 29 heavy (non-hydrogen) atoms. The molecule has 1 fully saturated rings. The highest BCUT2D eigenvalue weighted by Crippen LogP contribution is 2.28. The smallest absolute Gasteiger partial charge is 0.348 e. The molecule has 0 bridgehead atoms. The average Bonchev–Trinajstić information content (AvgIpc) is 3.01. The van der Waals surface area contributed by atoms with Crippen LogP contribution < -0.4 is 5.56 Å². The zero-order valence-corrected chi connectivity index (χ0v) is 18.2. The fourth-order valence-electron chi connectivity index (χ4n) is 3.63. The van der Waals surface area contributed by atoms with E-state index < -0.39 is 11.9 Å². The molecule has 7 nitrogen and oxygen atoms in total. The molecular formula is C21H28N2O5S. The van der Waals surface area contributed by atoms with Gasteiger partial charge in [-0.1, -0.05) is 20.3 Å². The molecule has 0 saturated heterocycles. The summed E-state index contributed by atoms with van der Waals surface area (Å²) in [6.07, 6.45) is 5.72. The number of hydrogen-bond donors (Lipinski definition) is 0. The number of thiophene rings is 1. The third-order valence-corrected chi connectivity index (χ3v) is 6.65. The van der Waals surface area contributed by atoms with Crippen molar-refractivity contribution in [2.24, 2.45) is 5.92 Å². The number of esters is 2. The predicted octanol–water partition coefficient (Wildman–Crippen LogP) is 3.84. The first kappa shape index (κ1) is 21.5. The highest BCUT2D eigenvalue weighted by molar-refractivity contribution is 7.20. The van der Waals surface area contributed by atoms with Crippen LogP contribution in [0.25, 0.3) is 10.2 Å². The van der Waals surface area contributed by atoms with Crippen LogP contribution in [0.2, 0.25) is 0 Å². The molecule has 0 aromatic carbocycles. The van der Waals surface area contributed by atoms with Crippen molar-refractivity contribution in [3.8, 4) is 0 Å². The standard InChI is InChI=1S/C21H28N2O5S/c1-5-13(3)27-21(26)18-14(4)17-19(29-18)22-11-23(20(17)25)10-16(24)28-15-8-6-7-12(2)9-15/h11-13,15H,5-10H2,1-4H3. The van der Waals surface area contributed by atoms with Gasteiger partial charge in [0.1, 0.15) is 22.4 Å². The van der Waals surface area contributed by atoms with Crippen molar-refractivity contribution < 1.29 is 19.1 Å². The van der Waals surface area contributed by atoms with E-state index in [1.807, 2.05) is 13.8 Å². The quantitative estimate of drug-likeness (QED) is 0.660. The van der Waals surface area contributed by atoms with Crippen molar-refractivity contribution in [1.82, 2.24) is 9.55 Å². The van der Waals surface area contributed by atoms with Gasteiger partial charge in [-0.15, -0.1) is 11.3 Å². The van der Waals surface area contributed by atoms with Crippen LogP contribution in [-0.2, 0) is 20.8 Å². The molecule has 0 N–H and O–H groups in total. The van der Waals surface area contributed by atoms with Crippen LogP contribution in [0.15, 0.2) is 11.1 Å². The summed E-state index contributed by atoms with van der Waals surface area (Å²) in [6.45, 7) is 7.44. The monoisotopic (exact) mass is 420 g/mol. The van der Waals surface area contributed by atoms with Gasteiger partial charge in [0, 0.05) is 0 Å². The van der Waals surface area contributed by atoms with Gasteiger partial charge in [-0.2, -0.15) is 0 Å². The van der Waals surface area contributed by atoms with Gasteiger partial charge >= 0.3 is 11.9 Å². The lowest BCUT2D eigenvalue weighted by Crippen LogP contribution is -2.30. The minimum absolute atomic E-state index is 0.0801. The molecule has 2 aromatic rings. The molecule has 2 heterocycles. The highest BCUT2D eigenvalue weighted by atomic mass is 32.1. The van der Waals surface area contributed by atoms with Gasteiger partial charge in [-0.3, -0.25) is 14.2 Å². The van der Waals surface area contributed by atoms with Crippen LogP contribution in [0.5, 0.6) is 0 Å². The van der Waals surface area contributed by atoms with E-state index >= 15 is 0 Å². The number of aromatic nitrogens is 2. The average molecular weight is 421 g/mol. The summed E-state index contributed by atoms with van der Waals surface area (Å²) >= 11 is 1.14. The van der Waals surface area contributed by atoms with Gasteiger partial charge in [-0.25, -0.2) is 9.78 Å². The van der Waals surface area contributed by atoms with Crippen LogP contribution in [-0.4, -0.2) is 33.7 Å². The molecule has 3 unspecified atom stereocenters. The summed E-state index contributed by atoms with van der Waals surface area (Å²) in [5.74, 6) is -0.336. The van der Waals surface area contributed by atoms with Crippen molar-refractivity contribution in [3.05, 3.63) is 27.1 Å². The Balaban J connectivity index is 1.79. The molecule has 1 saturated carbocycles. The van der Waals surface area contributed by atoms with Crippen molar-refractivity contribution in [3.63, 3.8) is 0 Å². The molecule has 8 heteroatoms. The Kier molecular flexibility index (Phi) is 6.72. The zero-order chi connectivity index (χ0) is 21.1. The summed E-state index contributed by atoms with van der Waals surface area (Å²) in [4.78, 5) is 42.8. The number of ether oxygens (including phenoxy) is 2. The fourth-order valence-corrected chi connectivity index (χ4v) is 4.66. The second-order valence-electron chi connectivity index (χ2n) is 7.92. The topological polar surface area (TPSA) is 87.5 Å². The van der Waals surface area contributed by atoms with Crippen LogP contribution in [0.3, 0.4) is 0 Å². The first-order valence-corrected chi connectivity index (χ1v) is 11.0. The second-order valence-corrected chi connectivity index (χ2v) is 8.92. The van der Waals surface area contributed by atoms with E-state index in [2.05, 4.69) is 11.9 Å². The second kappa shape index (κ2) is 9.07. The van der Waals surface area contributed by atoms with Crippen molar-refractivity contribution >= 4 is 33.5 Å². The van der Waals surface area contributed by atoms with Crippen molar-refractivity contribution in [1.29, 1.82) is 0 Å². The molecule has 1 aliphatic carbocycles. The number of carbonyl (C=O) groups is 2. The van der Waals surface area contributed by atoms with Crippen molar-refractivity contribution in [2.75, 3.05) is 0 Å². The fraction of sp³-hybridized carbons (Fsp3) is 0.619. The normalized spacial score (nSPS) is 20.4. The van der Waals surface area contributed by atoms with Gasteiger partial charge in [0.25, 0.3) is 5.56 Å². The highest BCUT2D eigenvalue weighted by Gasteiger charge is 2.24. The number of hydrogen-bond acceptors (Lipinski definition) is 7. The number of aryl methyl sites for hydroxylation is 1. The Morgan fingerprint density at radius 1 is 1.38 bits per heavy atom. The SMILES string of the molecule is CCC(C)OC(=O)c1sc2ncn(CC(=O)OC3CCCC(C)C3)c(=O)c2c1C. The van der Waals surface area contributed by atoms with Gasteiger partial charge in [0.05, 0.1) is 17.8 Å². The Morgan fingerprint density at radius 2 is 2.14 bits per heavy atom. The number of fused-ring (bicyclic) bond motifs is 1. The maximum atomic E-state index is 12.9. The van der Waals surface area contributed by atoms with E-state index in [1.165, 1.54) is 10.9 Å². The van der Waals surface area contributed by atoms with Crippen LogP contribution in [0, 0.1) is 12.8 Å². The number of rotatable bonds is 6. The third kappa shape index (κ3) is 4.86. The molecule has 0 aliphatic heterocycles. The lowest BCUT2D eigenvalue weighted by molar-refractivity contribution is -0.152. The molecule has 158 valence electrons. The Labute approximate surface area is 174 Å². The summed E-state index contributed by atoms with van der Waals surface area (Å²) < 4.78 is 12.2. The van der Waals surface area contributed by atoms with E-state index in [0.717, 1.165) is 37.0 Å². The lowest BCUT2D eigenvalue weighted by Gasteiger charge is -2.26. The van der Waals surface area contributed by atoms with E-state index in [9.17, 15) is 14.4 Å². The van der Waals surface area contributed by atoms with Crippen LogP contribution in [0.4, 0.5) is 0 Å². The molecule has 1 aliphatic rings. The van der Waals surface area contributed by atoms with E-state index in [-0.39, 0.29) is 24.3 Å². The maximum absolute atomic E-state index is 12.9. The van der Waals surface area contributed by atoms with Gasteiger partial charge in [-0.05, 0) is 51.0 Å². The van der Waals surface area contributed by atoms with Gasteiger partial charge in [0.2, 0.25) is 0 Å². The summed E-state index contributed by atoms with van der Waals surface area (Å²) in [7, 11) is 0. The predicted molar refractivity (Wildman–Crippen MR) is 111 cm³/mol. The molecular weight excluding hydrogens is 392 g/mol. The molecule has 0 spiro atoms. The minimum atomic E-state index is -0.448. The van der Waals surface area contributed by atoms with Gasteiger partial charge < -0.3 is 9.47 Å². The van der Waals surface area contributed by atoms with E-state index in [0.29, 0.717) is 33.0 Å². The first-order valence-electron chi connectivity index (χ1n) is 10.2. The molecule has 3 atom stereocenters. The van der Waals surface area contributed by atoms with Gasteiger partial charge in [0.15, 0.2) is 0 Å². The largest absolute Gasteiger partial charge is 0.461 e. The summed E-state index contributed by atoms with van der Waals surface area (Å²) in [5, 5.41) is 0.354. The summed E-state index contributed by atoms with van der Waals surface area (Å²) in [5.41, 5.74) is 0.194. The molecule has 3 rings (SSSR count). The number of nitrogens with zero attached hydrogens (tertiary/aromatic N) is 2. The van der Waals surface area contributed by atoms with E-state index in [1.54, 1.807) is 6.92 Å². The molecule has 0 radical (unpaired) electrons. The zero-order valence-electron chi connectivity index (χ0n) is 17.4. The van der Waals surface area contributed by atoms with Crippen LogP contribution >= 0.6 is 11.3 Å². The number of carbonyl (C=O) groups excluding carboxylic acids is 2. The Morgan fingerprint density at radius 3 is 2.83 bits per heavy atom. The molecule has 0 amide bonds. The van der Waals surface area contributed by atoms with Crippen molar-refractivity contribution in [2.45, 2.75) is 78.6 Å². The Bertz CT molecular complexity index is 964. The summed E-state index contributed by atoms with van der Waals surface area (Å²) in [6, 6.07) is 0. The maximum Gasteiger partial charge on any atom is 0.348 e. The minimum Gasteiger partial charge on any atom is -0.461 e. The first-order chi connectivity index (χ1) is 13.8. The van der Waals surface area contributed by atoms with Crippen LogP contribution in [0.1, 0.15) is 68.1 Å². The van der Waals surface area contributed by atoms with E-state index in [4.69, 9.17) is 9.47 Å². The Hall–Kier alpha value is -2.22. The lowest BCUT2D eigenvalue weighted by atomic mass is 9.89. The molecule has 2 aromatic heterocycles.